The normalized spacial score (nSPS) is 29.9. The van der Waals surface area contributed by atoms with Crippen LogP contribution in [0.5, 0.6) is 0 Å². The van der Waals surface area contributed by atoms with Crippen molar-refractivity contribution >= 4 is 45.9 Å². The molecule has 3 saturated carbocycles. The van der Waals surface area contributed by atoms with Crippen LogP contribution in [0.3, 0.4) is 0 Å². The van der Waals surface area contributed by atoms with Crippen LogP contribution in [0.4, 0.5) is 5.69 Å². The minimum absolute atomic E-state index is 0.00318. The van der Waals surface area contributed by atoms with Gasteiger partial charge in [-0.1, -0.05) is 49.8 Å². The molecule has 4 aliphatic carbocycles. The average Bonchev–Trinajstić information content (AvgIpc) is 3.46. The molecule has 1 amide bonds. The van der Waals surface area contributed by atoms with Gasteiger partial charge in [0.1, 0.15) is 12.2 Å². The predicted molar refractivity (Wildman–Crippen MR) is 207 cm³/mol. The highest BCUT2D eigenvalue weighted by Crippen LogP contribution is 2.67. The summed E-state index contributed by atoms with van der Waals surface area (Å²) < 4.78 is 10.6. The number of amides is 1. The number of nitrogens with one attached hydrogen (secondary N) is 1. The Labute approximate surface area is 326 Å². The Morgan fingerprint density at radius 3 is 2.46 bits per heavy atom. The van der Waals surface area contributed by atoms with Crippen molar-refractivity contribution in [2.45, 2.75) is 95.9 Å². The van der Waals surface area contributed by atoms with E-state index in [1.165, 1.54) is 0 Å². The molecule has 0 spiro atoms. The van der Waals surface area contributed by atoms with Crippen LogP contribution in [-0.4, -0.2) is 69.5 Å². The van der Waals surface area contributed by atoms with Crippen molar-refractivity contribution in [3.05, 3.63) is 83.7 Å². The van der Waals surface area contributed by atoms with Crippen molar-refractivity contribution in [3.8, 4) is 0 Å². The van der Waals surface area contributed by atoms with E-state index in [2.05, 4.69) is 17.2 Å². The summed E-state index contributed by atoms with van der Waals surface area (Å²) in [5.74, 6) is -2.65. The van der Waals surface area contributed by atoms with E-state index in [9.17, 15) is 34.2 Å². The van der Waals surface area contributed by atoms with E-state index in [4.69, 9.17) is 15.2 Å². The molecule has 2 aromatic carbocycles. The van der Waals surface area contributed by atoms with E-state index in [0.29, 0.717) is 36.1 Å². The monoisotopic (exact) mass is 765 g/mol. The fraction of sp³-hybridized carbons (Fsp3) is 0.500. The average molecular weight is 766 g/mol. The summed E-state index contributed by atoms with van der Waals surface area (Å²) >= 11 is 0. The van der Waals surface area contributed by atoms with Gasteiger partial charge in [-0.3, -0.25) is 29.0 Å². The van der Waals surface area contributed by atoms with Crippen molar-refractivity contribution < 1.29 is 43.7 Å². The second-order valence-electron chi connectivity index (χ2n) is 16.7. The minimum atomic E-state index is -1.76. The van der Waals surface area contributed by atoms with Crippen LogP contribution in [0.25, 0.3) is 10.8 Å². The number of hydrogen-bond acceptors (Lipinski definition) is 11. The number of carbonyl (C=O) groups is 5. The lowest BCUT2D eigenvalue weighted by molar-refractivity contribution is -0.184. The zero-order chi connectivity index (χ0) is 39.8. The number of allylic oxidation sites excluding steroid dienone is 1. The van der Waals surface area contributed by atoms with Crippen LogP contribution in [0.15, 0.2) is 72.6 Å². The second kappa shape index (κ2) is 15.6. The van der Waals surface area contributed by atoms with E-state index >= 15 is 0 Å². The summed E-state index contributed by atoms with van der Waals surface area (Å²) in [6, 6.07) is 14.4. The number of aliphatic hydroxyl groups excluding tert-OH is 1. The van der Waals surface area contributed by atoms with E-state index < -0.39 is 47.4 Å². The summed E-state index contributed by atoms with van der Waals surface area (Å²) in [5, 5.41) is 28.4. The van der Waals surface area contributed by atoms with Crippen molar-refractivity contribution in [2.75, 3.05) is 18.5 Å². The minimum Gasteiger partial charge on any atom is -0.461 e. The quantitative estimate of drug-likeness (QED) is 0.180. The molecule has 0 saturated heterocycles. The Bertz CT molecular complexity index is 2070. The van der Waals surface area contributed by atoms with E-state index in [1.54, 1.807) is 42.7 Å². The Morgan fingerprint density at radius 1 is 0.964 bits per heavy atom. The molecule has 12 nitrogen and oxygen atoms in total. The smallest absolute Gasteiger partial charge is 0.306 e. The Balaban J connectivity index is 0.864. The number of rotatable bonds is 12. The fourth-order valence-corrected chi connectivity index (χ4v) is 10.6. The fourth-order valence-electron chi connectivity index (χ4n) is 10.6. The van der Waals surface area contributed by atoms with Crippen LogP contribution in [0, 0.1) is 28.6 Å². The molecule has 1 aromatic heterocycles. The van der Waals surface area contributed by atoms with Gasteiger partial charge in [-0.25, -0.2) is 0 Å². The van der Waals surface area contributed by atoms with Gasteiger partial charge in [0.15, 0.2) is 12.4 Å². The number of pyridine rings is 1. The van der Waals surface area contributed by atoms with Gasteiger partial charge in [0.25, 0.3) is 0 Å². The van der Waals surface area contributed by atoms with E-state index in [0.717, 1.165) is 29.2 Å². The maximum absolute atomic E-state index is 13.6. The number of nitrogens with two attached hydrogens (primary N) is 1. The molecule has 0 unspecified atom stereocenters. The van der Waals surface area contributed by atoms with Crippen molar-refractivity contribution in [1.29, 1.82) is 0 Å². The summed E-state index contributed by atoms with van der Waals surface area (Å²) in [6.45, 7) is 3.45. The number of esters is 2. The van der Waals surface area contributed by atoms with Crippen molar-refractivity contribution in [1.82, 2.24) is 4.98 Å². The molecule has 3 fully saturated rings. The molecular formula is C44H51N3O9. The number of nitrogens with zero attached hydrogens (tertiary/aromatic N) is 1. The molecule has 0 radical (unpaired) electrons. The lowest BCUT2D eigenvalue weighted by Crippen LogP contribution is -2.62. The first-order chi connectivity index (χ1) is 26.8. The Hall–Kier alpha value is -4.78. The number of benzene rings is 2. The summed E-state index contributed by atoms with van der Waals surface area (Å²) in [4.78, 5) is 68.1. The second-order valence-corrected chi connectivity index (χ2v) is 16.7. The van der Waals surface area contributed by atoms with Crippen LogP contribution in [-0.2, 0) is 40.1 Å². The summed E-state index contributed by atoms with van der Waals surface area (Å²) in [6.07, 6.45) is 7.71. The molecule has 0 bridgehead atoms. The number of Topliss-reactive ketones (excluding diaryl/α,β-unsaturated/α-hetero) is 1. The molecule has 8 atom stereocenters. The first-order valence-electron chi connectivity index (χ1n) is 19.7. The van der Waals surface area contributed by atoms with Gasteiger partial charge in [0.2, 0.25) is 11.7 Å². The number of aromatic nitrogens is 1. The third-order valence-electron chi connectivity index (χ3n) is 13.6. The topological polar surface area (TPSA) is 195 Å². The highest BCUT2D eigenvalue weighted by atomic mass is 16.5. The maximum atomic E-state index is 13.6. The Morgan fingerprint density at radius 2 is 1.71 bits per heavy atom. The van der Waals surface area contributed by atoms with Crippen molar-refractivity contribution in [3.63, 3.8) is 0 Å². The zero-order valence-electron chi connectivity index (χ0n) is 32.0. The van der Waals surface area contributed by atoms with Crippen LogP contribution < -0.4 is 11.1 Å². The number of anilines is 1. The first kappa shape index (κ1) is 39.5. The summed E-state index contributed by atoms with van der Waals surface area (Å²) in [5.41, 5.74) is 6.18. The largest absolute Gasteiger partial charge is 0.461 e. The molecule has 5 N–H and O–H groups in total. The van der Waals surface area contributed by atoms with E-state index in [1.807, 2.05) is 31.2 Å². The molecule has 0 aliphatic heterocycles. The van der Waals surface area contributed by atoms with Gasteiger partial charge < -0.3 is 30.7 Å². The van der Waals surface area contributed by atoms with Gasteiger partial charge >= 0.3 is 11.9 Å². The molecule has 296 valence electrons. The van der Waals surface area contributed by atoms with Gasteiger partial charge in [-0.05, 0) is 102 Å². The molecule has 4 aliphatic rings. The zero-order valence-corrected chi connectivity index (χ0v) is 32.0. The van der Waals surface area contributed by atoms with Gasteiger partial charge in [-0.15, -0.1) is 0 Å². The van der Waals surface area contributed by atoms with Gasteiger partial charge in [0.05, 0.1) is 24.9 Å². The summed E-state index contributed by atoms with van der Waals surface area (Å²) in [7, 11) is 0. The lowest BCUT2D eigenvalue weighted by Gasteiger charge is -2.60. The first-order valence-corrected chi connectivity index (χ1v) is 19.7. The third kappa shape index (κ3) is 7.30. The van der Waals surface area contributed by atoms with Gasteiger partial charge in [-0.2, -0.15) is 0 Å². The number of aliphatic hydroxyl groups is 2. The molecular weight excluding hydrogens is 714 g/mol. The molecule has 7 rings (SSSR count). The van der Waals surface area contributed by atoms with E-state index in [-0.39, 0.29) is 73.7 Å². The number of fused-ring (bicyclic) bond motifs is 6. The predicted octanol–water partition coefficient (Wildman–Crippen LogP) is 5.09. The standard InChI is InChI=1S/C44H51N3O9/c1-42-16-13-32(48)20-30(42)8-10-33-35-14-17-44(54,43(35,2)21-36(49)40(33)42)37(50)25-56-39(52)12-11-38(51)55-24-26-3-5-27(6-4-26)34(22-45)41(53)47-31-9-7-29-23-46-18-15-28(29)19-31/h3-7,9,15,18-20,23,33-36,40,49,54H,8,10-14,16-17,21-22,24-25,45H2,1-2H3,(H,47,53)/t33-,34+,35-,36-,40+,42-,43-,44-/m0/s1. The molecule has 3 aromatic rings. The lowest BCUT2D eigenvalue weighted by atomic mass is 9.45. The van der Waals surface area contributed by atoms with Gasteiger partial charge in [0, 0.05) is 41.8 Å². The Kier molecular flexibility index (Phi) is 11.0. The molecule has 56 heavy (non-hydrogen) atoms. The molecule has 12 heteroatoms. The van der Waals surface area contributed by atoms with Crippen LogP contribution >= 0.6 is 0 Å². The van der Waals surface area contributed by atoms with Crippen molar-refractivity contribution in [2.24, 2.45) is 34.3 Å². The number of carbonyl (C=O) groups excluding carboxylic acids is 5. The number of ketones is 2. The maximum Gasteiger partial charge on any atom is 0.306 e. The highest BCUT2D eigenvalue weighted by Gasteiger charge is 2.68. The SMILES string of the molecule is C[C@]12CCC(=O)C=C1CC[C@@H]1[C@@H]2[C@@H](O)C[C@@]2(C)[C@H]1CC[C@]2(O)C(=O)COC(=O)CCC(=O)OCc1ccc([C@@H](CN)C(=O)Nc2ccc3cnccc3c2)cc1. The molecule has 1 heterocycles. The highest BCUT2D eigenvalue weighted by molar-refractivity contribution is 5.98. The number of ether oxygens (including phenoxy) is 2. The van der Waals surface area contributed by atoms with Crippen LogP contribution in [0.1, 0.15) is 88.7 Å². The number of hydrogen-bond donors (Lipinski definition) is 4. The third-order valence-corrected chi connectivity index (χ3v) is 13.6. The van der Waals surface area contributed by atoms with Crippen LogP contribution in [0.2, 0.25) is 0 Å².